The maximum Gasteiger partial charge on any atom is 0.275 e. The largest absolute Gasteiger partial charge is 0.348 e. The average molecular weight is 328 g/mol. The van der Waals surface area contributed by atoms with Crippen molar-refractivity contribution >= 4 is 17.5 Å². The minimum Gasteiger partial charge on any atom is -0.348 e. The van der Waals surface area contributed by atoms with Crippen LogP contribution >= 0.6 is 11.6 Å². The summed E-state index contributed by atoms with van der Waals surface area (Å²) in [5, 5.41) is 3.55. The summed E-state index contributed by atoms with van der Waals surface area (Å²) in [6, 6.07) is 4.95. The fourth-order valence-electron chi connectivity index (χ4n) is 3.13. The zero-order valence-electron chi connectivity index (χ0n) is 13.3. The van der Waals surface area contributed by atoms with Gasteiger partial charge in [-0.05, 0) is 30.9 Å². The van der Waals surface area contributed by atoms with Crippen LogP contribution in [0.1, 0.15) is 38.2 Å². The van der Waals surface area contributed by atoms with Crippen molar-refractivity contribution < 1.29 is 14.1 Å². The topological polar surface area (TPSA) is 33.5 Å². The Morgan fingerprint density at radius 2 is 2.14 bits per heavy atom. The highest BCUT2D eigenvalue weighted by Gasteiger charge is 2.24. The van der Waals surface area contributed by atoms with Crippen molar-refractivity contribution in [3.8, 4) is 0 Å². The van der Waals surface area contributed by atoms with Crippen LogP contribution in [0.5, 0.6) is 0 Å². The third kappa shape index (κ3) is 4.68. The first-order valence-electron chi connectivity index (χ1n) is 8.01. The van der Waals surface area contributed by atoms with Gasteiger partial charge in [-0.15, -0.1) is 0 Å². The van der Waals surface area contributed by atoms with Crippen molar-refractivity contribution in [3.63, 3.8) is 0 Å². The number of nitrogens with one attached hydrogen (secondary N) is 2. The van der Waals surface area contributed by atoms with Crippen LogP contribution in [0.4, 0.5) is 4.39 Å². The lowest BCUT2D eigenvalue weighted by molar-refractivity contribution is -0.885. The molecule has 1 aromatic rings. The van der Waals surface area contributed by atoms with E-state index in [1.807, 2.05) is 7.05 Å². The summed E-state index contributed by atoms with van der Waals surface area (Å²) in [7, 11) is 1.88. The standard InChI is InChI=1S/C17H24ClFN2O/c1-12-6-3-4-9-16(12)20-17(22)11-21(2)10-13-14(18)7-5-8-15(13)19/h5,7-8,12,16H,3-4,6,9-11H2,1-2H3,(H,20,22)/p+1/t12-,16+/m1/s1. The van der Waals surface area contributed by atoms with E-state index in [0.29, 0.717) is 29.6 Å². The zero-order valence-corrected chi connectivity index (χ0v) is 14.0. The summed E-state index contributed by atoms with van der Waals surface area (Å²) < 4.78 is 13.8. The van der Waals surface area contributed by atoms with Gasteiger partial charge in [0.2, 0.25) is 0 Å². The summed E-state index contributed by atoms with van der Waals surface area (Å²) >= 11 is 6.03. The summed E-state index contributed by atoms with van der Waals surface area (Å²) in [6.45, 7) is 2.92. The number of rotatable bonds is 5. The SMILES string of the molecule is C[C@@H]1CCCC[C@@H]1NC(=O)C[NH+](C)Cc1c(F)cccc1Cl. The van der Waals surface area contributed by atoms with E-state index in [0.717, 1.165) is 11.3 Å². The molecule has 0 radical (unpaired) electrons. The average Bonchev–Trinajstić information content (AvgIpc) is 2.45. The number of carbonyl (C=O) groups excluding carboxylic acids is 1. The third-order valence-corrected chi connectivity index (χ3v) is 4.81. The Kier molecular flexibility index (Phi) is 6.21. The Morgan fingerprint density at radius 3 is 2.82 bits per heavy atom. The Hall–Kier alpha value is -1.13. The van der Waals surface area contributed by atoms with Crippen LogP contribution in [0.25, 0.3) is 0 Å². The molecule has 2 N–H and O–H groups in total. The molecule has 0 bridgehead atoms. The van der Waals surface area contributed by atoms with Crippen LogP contribution in [0.15, 0.2) is 18.2 Å². The summed E-state index contributed by atoms with van der Waals surface area (Å²) in [6.07, 6.45) is 4.68. The number of benzene rings is 1. The van der Waals surface area contributed by atoms with Gasteiger partial charge in [0, 0.05) is 6.04 Å². The Labute approximate surface area is 136 Å². The summed E-state index contributed by atoms with van der Waals surface area (Å²) in [5.41, 5.74) is 0.473. The minimum absolute atomic E-state index is 0.0312. The number of carbonyl (C=O) groups is 1. The molecule has 3 nitrogen and oxygen atoms in total. The number of quaternary nitrogens is 1. The predicted octanol–water partition coefficient (Wildman–Crippen LogP) is 2.19. The van der Waals surface area contributed by atoms with Crippen molar-refractivity contribution in [1.82, 2.24) is 5.32 Å². The molecular formula is C17H25ClFN2O+. The van der Waals surface area contributed by atoms with Crippen LogP contribution in [-0.2, 0) is 11.3 Å². The van der Waals surface area contributed by atoms with Crippen LogP contribution in [-0.4, -0.2) is 25.5 Å². The molecule has 1 amide bonds. The molecule has 1 aromatic carbocycles. The van der Waals surface area contributed by atoms with Crippen molar-refractivity contribution in [2.45, 2.75) is 45.2 Å². The van der Waals surface area contributed by atoms with Gasteiger partial charge < -0.3 is 10.2 Å². The molecule has 0 aromatic heterocycles. The molecule has 22 heavy (non-hydrogen) atoms. The van der Waals surface area contributed by atoms with Crippen molar-refractivity contribution in [2.75, 3.05) is 13.6 Å². The summed E-state index contributed by atoms with van der Waals surface area (Å²) in [5.74, 6) is 0.260. The fraction of sp³-hybridized carbons (Fsp3) is 0.588. The van der Waals surface area contributed by atoms with E-state index >= 15 is 0 Å². The number of hydrogen-bond acceptors (Lipinski definition) is 1. The normalized spacial score (nSPS) is 23.1. The van der Waals surface area contributed by atoms with E-state index in [4.69, 9.17) is 11.6 Å². The molecule has 0 saturated heterocycles. The molecule has 1 unspecified atom stereocenters. The van der Waals surface area contributed by atoms with Crippen molar-refractivity contribution in [2.24, 2.45) is 5.92 Å². The fourth-order valence-corrected chi connectivity index (χ4v) is 3.36. The zero-order chi connectivity index (χ0) is 16.1. The molecular weight excluding hydrogens is 303 g/mol. The lowest BCUT2D eigenvalue weighted by Gasteiger charge is -2.29. The molecule has 2 rings (SSSR count). The molecule has 5 heteroatoms. The van der Waals surface area contributed by atoms with Gasteiger partial charge in [0.15, 0.2) is 6.54 Å². The van der Waals surface area contributed by atoms with Gasteiger partial charge in [-0.3, -0.25) is 4.79 Å². The maximum absolute atomic E-state index is 13.8. The lowest BCUT2D eigenvalue weighted by Crippen LogP contribution is -3.09. The highest BCUT2D eigenvalue weighted by atomic mass is 35.5. The van der Waals surface area contributed by atoms with Crippen molar-refractivity contribution in [1.29, 1.82) is 0 Å². The summed E-state index contributed by atoms with van der Waals surface area (Å²) in [4.78, 5) is 13.1. The first-order valence-corrected chi connectivity index (χ1v) is 8.38. The first-order chi connectivity index (χ1) is 10.5. The van der Waals surface area contributed by atoms with E-state index in [1.165, 1.54) is 25.3 Å². The van der Waals surface area contributed by atoms with Gasteiger partial charge >= 0.3 is 0 Å². The molecule has 1 fully saturated rings. The monoisotopic (exact) mass is 327 g/mol. The van der Waals surface area contributed by atoms with Gasteiger partial charge in [-0.1, -0.05) is 37.4 Å². The second kappa shape index (κ2) is 7.93. The Balaban J connectivity index is 1.86. The molecule has 0 heterocycles. The van der Waals surface area contributed by atoms with Gasteiger partial charge in [0.1, 0.15) is 12.4 Å². The number of likely N-dealkylation sites (N-methyl/N-ethyl adjacent to an activating group) is 1. The highest BCUT2D eigenvalue weighted by molar-refractivity contribution is 6.31. The molecule has 0 spiro atoms. The molecule has 1 aliphatic rings. The molecule has 1 saturated carbocycles. The first kappa shape index (κ1) is 17.2. The smallest absolute Gasteiger partial charge is 0.275 e. The second-order valence-corrected chi connectivity index (χ2v) is 6.85. The Bertz CT molecular complexity index is 503. The molecule has 0 aliphatic heterocycles. The lowest BCUT2D eigenvalue weighted by atomic mass is 9.86. The van der Waals surface area contributed by atoms with E-state index in [2.05, 4.69) is 12.2 Å². The van der Waals surface area contributed by atoms with Gasteiger partial charge in [0.05, 0.1) is 17.6 Å². The van der Waals surface area contributed by atoms with Crippen LogP contribution in [0.3, 0.4) is 0 Å². The molecule has 3 atom stereocenters. The van der Waals surface area contributed by atoms with Crippen LogP contribution < -0.4 is 10.2 Å². The molecule has 1 aliphatic carbocycles. The quantitative estimate of drug-likeness (QED) is 0.854. The Morgan fingerprint density at radius 1 is 1.41 bits per heavy atom. The van der Waals surface area contributed by atoms with E-state index < -0.39 is 0 Å². The van der Waals surface area contributed by atoms with Crippen LogP contribution in [0, 0.1) is 11.7 Å². The highest BCUT2D eigenvalue weighted by Crippen LogP contribution is 2.23. The maximum atomic E-state index is 13.8. The predicted molar refractivity (Wildman–Crippen MR) is 86.4 cm³/mol. The van der Waals surface area contributed by atoms with E-state index in [9.17, 15) is 9.18 Å². The number of hydrogen-bond donors (Lipinski definition) is 2. The minimum atomic E-state index is -0.312. The number of halogens is 2. The van der Waals surface area contributed by atoms with Gasteiger partial charge in [0.25, 0.3) is 5.91 Å². The third-order valence-electron chi connectivity index (χ3n) is 4.46. The molecule has 122 valence electrons. The van der Waals surface area contributed by atoms with Gasteiger partial charge in [-0.25, -0.2) is 4.39 Å². The second-order valence-electron chi connectivity index (χ2n) is 6.45. The van der Waals surface area contributed by atoms with Gasteiger partial charge in [-0.2, -0.15) is 0 Å². The van der Waals surface area contributed by atoms with Crippen LogP contribution in [0.2, 0.25) is 5.02 Å². The van der Waals surface area contributed by atoms with E-state index in [-0.39, 0.29) is 17.8 Å². The van der Waals surface area contributed by atoms with E-state index in [1.54, 1.807) is 12.1 Å². The number of amides is 1. The van der Waals surface area contributed by atoms with Crippen molar-refractivity contribution in [3.05, 3.63) is 34.6 Å².